The van der Waals surface area contributed by atoms with Gasteiger partial charge >= 0.3 is 5.76 Å². The molecule has 1 fully saturated rings. The van der Waals surface area contributed by atoms with E-state index < -0.39 is 27.7 Å². The molecule has 16 heteroatoms. The first-order valence-corrected chi connectivity index (χ1v) is 16.2. The fraction of sp³-hybridized carbons (Fsp3) is 0.323. The van der Waals surface area contributed by atoms with Crippen molar-refractivity contribution >= 4 is 32.4 Å². The number of hydrogen-bond acceptors (Lipinski definition) is 9. The molecule has 0 aliphatic carbocycles. The number of nitrogen functional groups attached to an aromatic ring is 1. The molecule has 1 atom stereocenters. The standard InChI is InChI=1S/C31H32F3N7O5S/c1-40-29-23(20-14-37-41(16-20)22-9-11-45-12-10-22)15-36-30(35)27(29)28(38-40)19-5-8-24(39-47(42,43)31(33)34)25(13-19)46-26(17-44-2)18-3-6-21(32)7-4-18/h3-8,13-16,22,26,31,39H,9-12,17H2,1-2H3,(H2,35,36)/t26-/m1/s1. The number of aromatic nitrogens is 5. The van der Waals surface area contributed by atoms with Gasteiger partial charge in [-0.3, -0.25) is 14.1 Å². The number of halogens is 3. The average molecular weight is 672 g/mol. The highest BCUT2D eigenvalue weighted by Crippen LogP contribution is 2.40. The van der Waals surface area contributed by atoms with Gasteiger partial charge in [0.1, 0.15) is 29.2 Å². The van der Waals surface area contributed by atoms with Crippen LogP contribution in [0, 0.1) is 5.82 Å². The van der Waals surface area contributed by atoms with Crippen molar-refractivity contribution in [3.8, 4) is 28.1 Å². The first-order chi connectivity index (χ1) is 22.6. The third-order valence-electron chi connectivity index (χ3n) is 7.94. The Morgan fingerprint density at radius 2 is 1.85 bits per heavy atom. The molecule has 1 aliphatic heterocycles. The number of nitrogens with zero attached hydrogens (tertiary/aromatic N) is 5. The van der Waals surface area contributed by atoms with Gasteiger partial charge in [0.05, 0.1) is 35.4 Å². The van der Waals surface area contributed by atoms with Crippen LogP contribution in [-0.2, 0) is 26.5 Å². The summed E-state index contributed by atoms with van der Waals surface area (Å²) in [4.78, 5) is 4.45. The van der Waals surface area contributed by atoms with Gasteiger partial charge in [0, 0.05) is 56.5 Å². The molecular weight excluding hydrogens is 639 g/mol. The molecule has 0 amide bonds. The zero-order chi connectivity index (χ0) is 33.3. The lowest BCUT2D eigenvalue weighted by atomic mass is 10.0. The van der Waals surface area contributed by atoms with Gasteiger partial charge in [0.15, 0.2) is 0 Å². The summed E-state index contributed by atoms with van der Waals surface area (Å²) in [5.74, 6) is -4.07. The second-order valence-electron chi connectivity index (χ2n) is 11.0. The zero-order valence-electron chi connectivity index (χ0n) is 25.4. The number of nitrogens with one attached hydrogen (secondary N) is 1. The van der Waals surface area contributed by atoms with E-state index in [1.807, 2.05) is 15.6 Å². The van der Waals surface area contributed by atoms with E-state index in [0.29, 0.717) is 40.9 Å². The summed E-state index contributed by atoms with van der Waals surface area (Å²) in [7, 11) is -1.88. The van der Waals surface area contributed by atoms with E-state index in [1.54, 1.807) is 24.1 Å². The van der Waals surface area contributed by atoms with E-state index in [9.17, 15) is 21.6 Å². The molecule has 0 unspecified atom stereocenters. The van der Waals surface area contributed by atoms with Crippen LogP contribution in [0.5, 0.6) is 5.75 Å². The molecule has 2 aromatic carbocycles. The summed E-state index contributed by atoms with van der Waals surface area (Å²) in [6.45, 7) is 1.32. The Morgan fingerprint density at radius 1 is 1.11 bits per heavy atom. The summed E-state index contributed by atoms with van der Waals surface area (Å²) in [6.07, 6.45) is 6.21. The summed E-state index contributed by atoms with van der Waals surface area (Å²) in [5, 5.41) is 9.84. The van der Waals surface area contributed by atoms with Crippen molar-refractivity contribution in [3.05, 3.63) is 72.4 Å². The molecule has 3 aromatic heterocycles. The van der Waals surface area contributed by atoms with Crippen molar-refractivity contribution in [2.24, 2.45) is 7.05 Å². The maximum atomic E-state index is 13.7. The normalized spacial score (nSPS) is 14.9. The Labute approximate surface area is 268 Å². The highest BCUT2D eigenvalue weighted by atomic mass is 32.2. The molecular formula is C31H32F3N7O5S. The number of sulfonamides is 1. The van der Waals surface area contributed by atoms with Crippen LogP contribution in [0.1, 0.15) is 30.6 Å². The van der Waals surface area contributed by atoms with Gasteiger partial charge in [-0.2, -0.15) is 19.0 Å². The van der Waals surface area contributed by atoms with Crippen LogP contribution in [0.25, 0.3) is 33.3 Å². The van der Waals surface area contributed by atoms with Crippen LogP contribution in [-0.4, -0.2) is 65.7 Å². The molecule has 0 bridgehead atoms. The predicted octanol–water partition coefficient (Wildman–Crippen LogP) is 5.30. The monoisotopic (exact) mass is 671 g/mol. The van der Waals surface area contributed by atoms with E-state index in [2.05, 4.69) is 10.1 Å². The van der Waals surface area contributed by atoms with Crippen LogP contribution < -0.4 is 15.2 Å². The molecule has 0 radical (unpaired) electrons. The van der Waals surface area contributed by atoms with E-state index in [1.165, 1.54) is 49.6 Å². The van der Waals surface area contributed by atoms with Gasteiger partial charge in [0.25, 0.3) is 10.0 Å². The van der Waals surface area contributed by atoms with E-state index in [-0.39, 0.29) is 29.9 Å². The fourth-order valence-electron chi connectivity index (χ4n) is 5.60. The molecule has 1 saturated heterocycles. The third-order valence-corrected chi connectivity index (χ3v) is 8.91. The number of anilines is 2. The van der Waals surface area contributed by atoms with Crippen LogP contribution in [0.4, 0.5) is 24.7 Å². The number of nitrogens with two attached hydrogens (primary N) is 1. The van der Waals surface area contributed by atoms with Crippen LogP contribution in [0.15, 0.2) is 61.1 Å². The molecule has 47 heavy (non-hydrogen) atoms. The van der Waals surface area contributed by atoms with Gasteiger partial charge in [-0.1, -0.05) is 18.2 Å². The van der Waals surface area contributed by atoms with E-state index in [4.69, 9.17) is 25.0 Å². The number of rotatable bonds is 11. The first-order valence-electron chi connectivity index (χ1n) is 14.6. The van der Waals surface area contributed by atoms with Crippen molar-refractivity contribution in [1.82, 2.24) is 24.5 Å². The minimum absolute atomic E-state index is 0.0226. The average Bonchev–Trinajstić information content (AvgIpc) is 3.69. The molecule has 3 N–H and O–H groups in total. The van der Waals surface area contributed by atoms with Gasteiger partial charge in [-0.05, 0) is 42.7 Å². The maximum Gasteiger partial charge on any atom is 0.355 e. The number of aryl methyl sites for hydroxylation is 1. The minimum Gasteiger partial charge on any atom is -0.481 e. The number of hydrogen-bond donors (Lipinski definition) is 2. The summed E-state index contributed by atoms with van der Waals surface area (Å²) in [6, 6.07) is 9.92. The molecule has 12 nitrogen and oxygen atoms in total. The third kappa shape index (κ3) is 6.61. The van der Waals surface area contributed by atoms with Gasteiger partial charge < -0.3 is 19.9 Å². The predicted molar refractivity (Wildman–Crippen MR) is 169 cm³/mol. The van der Waals surface area contributed by atoms with Gasteiger partial charge in [0.2, 0.25) is 0 Å². The maximum absolute atomic E-state index is 13.7. The molecule has 1 aliphatic rings. The largest absolute Gasteiger partial charge is 0.481 e. The summed E-state index contributed by atoms with van der Waals surface area (Å²) < 4.78 is 87.2. The first kappa shape index (κ1) is 32.3. The van der Waals surface area contributed by atoms with Crippen molar-refractivity contribution in [1.29, 1.82) is 0 Å². The second kappa shape index (κ2) is 13.2. The fourth-order valence-corrected chi connectivity index (χ4v) is 6.17. The Morgan fingerprint density at radius 3 is 2.55 bits per heavy atom. The number of methoxy groups -OCH3 is 1. The lowest BCUT2D eigenvalue weighted by Crippen LogP contribution is -2.21. The lowest BCUT2D eigenvalue weighted by Gasteiger charge is -2.22. The zero-order valence-corrected chi connectivity index (χ0v) is 26.3. The van der Waals surface area contributed by atoms with Crippen LogP contribution in [0.3, 0.4) is 0 Å². The number of pyridine rings is 1. The SMILES string of the molecule is COC[C@@H](Oc1cc(-c2nn(C)c3c(-c4cnn(C5CCOCC5)c4)cnc(N)c23)ccc1NS(=O)(=O)C(F)F)c1ccc(F)cc1. The highest BCUT2D eigenvalue weighted by Gasteiger charge is 2.28. The Balaban J connectivity index is 1.44. The summed E-state index contributed by atoms with van der Waals surface area (Å²) >= 11 is 0. The lowest BCUT2D eigenvalue weighted by molar-refractivity contribution is 0.0662. The minimum atomic E-state index is -5.06. The Hall–Kier alpha value is -4.67. The molecule has 0 spiro atoms. The van der Waals surface area contributed by atoms with E-state index >= 15 is 0 Å². The topological polar surface area (TPSA) is 148 Å². The molecule has 5 aromatic rings. The van der Waals surface area contributed by atoms with Crippen molar-refractivity contribution in [2.45, 2.75) is 30.7 Å². The second-order valence-corrected chi connectivity index (χ2v) is 12.7. The quantitative estimate of drug-likeness (QED) is 0.191. The number of fused-ring (bicyclic) bond motifs is 1. The van der Waals surface area contributed by atoms with Crippen molar-refractivity contribution < 1.29 is 35.8 Å². The molecule has 248 valence electrons. The van der Waals surface area contributed by atoms with Gasteiger partial charge in [-0.25, -0.2) is 17.8 Å². The molecule has 4 heterocycles. The van der Waals surface area contributed by atoms with Crippen LogP contribution >= 0.6 is 0 Å². The Kier molecular flexibility index (Phi) is 9.07. The van der Waals surface area contributed by atoms with Crippen LogP contribution in [0.2, 0.25) is 0 Å². The van der Waals surface area contributed by atoms with Crippen molar-refractivity contribution in [3.63, 3.8) is 0 Å². The number of benzene rings is 2. The Bertz CT molecular complexity index is 1990. The number of alkyl halides is 2. The van der Waals surface area contributed by atoms with Crippen molar-refractivity contribution in [2.75, 3.05) is 37.4 Å². The summed E-state index contributed by atoms with van der Waals surface area (Å²) in [5.41, 5.74) is 9.73. The van der Waals surface area contributed by atoms with E-state index in [0.717, 1.165) is 24.0 Å². The molecule has 6 rings (SSSR count). The molecule has 0 saturated carbocycles. The smallest absolute Gasteiger partial charge is 0.355 e. The van der Waals surface area contributed by atoms with Gasteiger partial charge in [-0.15, -0.1) is 0 Å². The number of ether oxygens (including phenoxy) is 3. The highest BCUT2D eigenvalue weighted by molar-refractivity contribution is 7.93.